The molecule has 1 heteroatoms. The summed E-state index contributed by atoms with van der Waals surface area (Å²) in [5.41, 5.74) is 4.06. The molecule has 0 saturated heterocycles. The number of allylic oxidation sites excluding steroid dienone is 2. The third-order valence-corrected chi connectivity index (χ3v) is 2.43. The van der Waals surface area contributed by atoms with Gasteiger partial charge in [0.15, 0.2) is 0 Å². The smallest absolute Gasteiger partial charge is 0.126 e. The van der Waals surface area contributed by atoms with E-state index in [-0.39, 0.29) is 5.82 Å². The molecule has 0 N–H and O–H groups in total. The second-order valence-electron chi connectivity index (χ2n) is 3.34. The first-order valence-corrected chi connectivity index (χ1v) is 6.47. The summed E-state index contributed by atoms with van der Waals surface area (Å²) in [5.74, 6) is -0.123. The van der Waals surface area contributed by atoms with E-state index < -0.39 is 0 Å². The SMILES string of the molecule is C/C=C(/C)c1c(C)ccc(F)c1C.CC.CC. The lowest BCUT2D eigenvalue weighted by molar-refractivity contribution is 0.617. The maximum Gasteiger partial charge on any atom is 0.126 e. The molecule has 1 aromatic rings. The van der Waals surface area contributed by atoms with Crippen molar-refractivity contribution in [2.24, 2.45) is 0 Å². The van der Waals surface area contributed by atoms with E-state index in [4.69, 9.17) is 0 Å². The Morgan fingerprint density at radius 1 is 1.06 bits per heavy atom. The van der Waals surface area contributed by atoms with Gasteiger partial charge in [0.1, 0.15) is 5.82 Å². The van der Waals surface area contributed by atoms with Crippen LogP contribution >= 0.6 is 0 Å². The summed E-state index contributed by atoms with van der Waals surface area (Å²) in [7, 11) is 0. The molecule has 0 unspecified atom stereocenters. The van der Waals surface area contributed by atoms with Gasteiger partial charge in [-0.25, -0.2) is 4.39 Å². The highest BCUT2D eigenvalue weighted by atomic mass is 19.1. The zero-order chi connectivity index (χ0) is 14.0. The predicted octanol–water partition coefficient (Wildman–Crippen LogP) is 5.92. The van der Waals surface area contributed by atoms with Gasteiger partial charge in [0.05, 0.1) is 0 Å². The fourth-order valence-electron chi connectivity index (χ4n) is 1.57. The Morgan fingerprint density at radius 3 is 1.94 bits per heavy atom. The Labute approximate surface area is 107 Å². The normalized spacial score (nSPS) is 9.82. The minimum absolute atomic E-state index is 0.123. The van der Waals surface area contributed by atoms with Gasteiger partial charge in [-0.05, 0) is 56.0 Å². The molecule has 0 aliphatic rings. The van der Waals surface area contributed by atoms with Crippen molar-refractivity contribution in [1.29, 1.82) is 0 Å². The van der Waals surface area contributed by atoms with E-state index in [1.54, 1.807) is 0 Å². The average molecular weight is 238 g/mol. The molecule has 0 fully saturated rings. The van der Waals surface area contributed by atoms with Crippen molar-refractivity contribution >= 4 is 5.57 Å². The molecular formula is C16H27F. The van der Waals surface area contributed by atoms with E-state index >= 15 is 0 Å². The van der Waals surface area contributed by atoms with Gasteiger partial charge < -0.3 is 0 Å². The number of rotatable bonds is 1. The van der Waals surface area contributed by atoms with Gasteiger partial charge in [-0.2, -0.15) is 0 Å². The van der Waals surface area contributed by atoms with Gasteiger partial charge >= 0.3 is 0 Å². The van der Waals surface area contributed by atoms with E-state index in [0.29, 0.717) is 0 Å². The second kappa shape index (κ2) is 10.1. The zero-order valence-electron chi connectivity index (χ0n) is 12.6. The third-order valence-electron chi connectivity index (χ3n) is 2.43. The quantitative estimate of drug-likeness (QED) is 0.570. The fourth-order valence-corrected chi connectivity index (χ4v) is 1.57. The van der Waals surface area contributed by atoms with Gasteiger partial charge in [0.25, 0.3) is 0 Å². The van der Waals surface area contributed by atoms with E-state index in [2.05, 4.69) is 0 Å². The third kappa shape index (κ3) is 5.16. The van der Waals surface area contributed by atoms with Crippen LogP contribution in [0.25, 0.3) is 5.57 Å². The van der Waals surface area contributed by atoms with Crippen LogP contribution in [-0.4, -0.2) is 0 Å². The van der Waals surface area contributed by atoms with Gasteiger partial charge in [-0.3, -0.25) is 0 Å². The fraction of sp³-hybridized carbons (Fsp3) is 0.500. The Kier molecular flexibility index (Phi) is 10.8. The minimum atomic E-state index is -0.123. The monoisotopic (exact) mass is 238 g/mol. The van der Waals surface area contributed by atoms with Crippen molar-refractivity contribution in [3.63, 3.8) is 0 Å². The molecule has 1 aromatic carbocycles. The van der Waals surface area contributed by atoms with E-state index in [9.17, 15) is 4.39 Å². The summed E-state index contributed by atoms with van der Waals surface area (Å²) < 4.78 is 13.2. The van der Waals surface area contributed by atoms with E-state index in [0.717, 1.165) is 22.3 Å². The van der Waals surface area contributed by atoms with Crippen LogP contribution in [0.3, 0.4) is 0 Å². The molecule has 0 nitrogen and oxygen atoms in total. The Hall–Kier alpha value is -1.11. The first kappa shape index (κ1) is 18.3. The van der Waals surface area contributed by atoms with Crippen molar-refractivity contribution in [3.05, 3.63) is 40.7 Å². The maximum absolute atomic E-state index is 13.2. The van der Waals surface area contributed by atoms with Gasteiger partial charge in [0.2, 0.25) is 0 Å². The average Bonchev–Trinajstić information content (AvgIpc) is 2.39. The van der Waals surface area contributed by atoms with Gasteiger partial charge in [-0.1, -0.05) is 39.8 Å². The number of benzene rings is 1. The summed E-state index contributed by atoms with van der Waals surface area (Å²) in [4.78, 5) is 0. The molecule has 0 aliphatic carbocycles. The summed E-state index contributed by atoms with van der Waals surface area (Å²) >= 11 is 0. The first-order valence-electron chi connectivity index (χ1n) is 6.47. The van der Waals surface area contributed by atoms with Crippen LogP contribution < -0.4 is 0 Å². The van der Waals surface area contributed by atoms with Crippen molar-refractivity contribution < 1.29 is 4.39 Å². The van der Waals surface area contributed by atoms with E-state index in [1.807, 2.05) is 67.5 Å². The van der Waals surface area contributed by atoms with E-state index in [1.165, 1.54) is 6.07 Å². The summed E-state index contributed by atoms with van der Waals surface area (Å²) in [5, 5.41) is 0. The number of aryl methyl sites for hydroxylation is 1. The minimum Gasteiger partial charge on any atom is -0.207 e. The molecule has 98 valence electrons. The molecule has 0 radical (unpaired) electrons. The topological polar surface area (TPSA) is 0 Å². The maximum atomic E-state index is 13.2. The van der Waals surface area contributed by atoms with Crippen LogP contribution in [0.4, 0.5) is 4.39 Å². The number of hydrogen-bond donors (Lipinski definition) is 0. The Balaban J connectivity index is 0. The molecule has 0 aromatic heterocycles. The predicted molar refractivity (Wildman–Crippen MR) is 77.9 cm³/mol. The van der Waals surface area contributed by atoms with Crippen molar-refractivity contribution in [2.45, 2.75) is 55.4 Å². The second-order valence-corrected chi connectivity index (χ2v) is 3.34. The molecule has 0 heterocycles. The van der Waals surface area contributed by atoms with Crippen LogP contribution in [0.1, 0.15) is 58.2 Å². The zero-order valence-corrected chi connectivity index (χ0v) is 12.6. The highest BCUT2D eigenvalue weighted by Gasteiger charge is 2.07. The van der Waals surface area contributed by atoms with Crippen LogP contribution in [-0.2, 0) is 0 Å². The van der Waals surface area contributed by atoms with Gasteiger partial charge in [-0.15, -0.1) is 0 Å². The number of halogens is 1. The van der Waals surface area contributed by atoms with Crippen LogP contribution in [0.2, 0.25) is 0 Å². The first-order chi connectivity index (χ1) is 8.07. The largest absolute Gasteiger partial charge is 0.207 e. The lowest BCUT2D eigenvalue weighted by Crippen LogP contribution is -1.94. The van der Waals surface area contributed by atoms with Crippen LogP contribution in [0.5, 0.6) is 0 Å². The van der Waals surface area contributed by atoms with Gasteiger partial charge in [0, 0.05) is 0 Å². The molecule has 1 rings (SSSR count). The molecule has 0 amide bonds. The summed E-state index contributed by atoms with van der Waals surface area (Å²) in [6.07, 6.45) is 2.01. The molecule has 0 atom stereocenters. The van der Waals surface area contributed by atoms with Crippen molar-refractivity contribution in [1.82, 2.24) is 0 Å². The molecule has 0 aliphatic heterocycles. The highest BCUT2D eigenvalue weighted by Crippen LogP contribution is 2.24. The summed E-state index contributed by atoms with van der Waals surface area (Å²) in [6.45, 7) is 15.8. The van der Waals surface area contributed by atoms with Crippen LogP contribution in [0.15, 0.2) is 18.2 Å². The lowest BCUT2D eigenvalue weighted by atomic mass is 9.96. The molecule has 0 bridgehead atoms. The number of hydrogen-bond acceptors (Lipinski definition) is 0. The Morgan fingerprint density at radius 2 is 1.53 bits per heavy atom. The standard InChI is InChI=1S/C12H15F.2C2H6/c1-5-8(2)12-9(3)6-7-11(13)10(12)4;2*1-2/h5-7H,1-4H3;2*1-2H3/b8-5-;;. The summed E-state index contributed by atoms with van der Waals surface area (Å²) in [6, 6.07) is 3.35. The molecule has 0 spiro atoms. The van der Waals surface area contributed by atoms with Crippen molar-refractivity contribution in [2.75, 3.05) is 0 Å². The lowest BCUT2D eigenvalue weighted by Gasteiger charge is -2.10. The molecule has 17 heavy (non-hydrogen) atoms. The van der Waals surface area contributed by atoms with Crippen molar-refractivity contribution in [3.8, 4) is 0 Å². The van der Waals surface area contributed by atoms with Crippen LogP contribution in [0, 0.1) is 19.7 Å². The highest BCUT2D eigenvalue weighted by molar-refractivity contribution is 5.69. The molecule has 0 saturated carbocycles. The molecular weight excluding hydrogens is 211 g/mol. The Bertz CT molecular complexity index is 349.